The number of rotatable bonds is 9. The molecule has 1 heterocycles. The number of halogens is 2. The Morgan fingerprint density at radius 3 is 2.63 bits per heavy atom. The Morgan fingerprint density at radius 2 is 2.00 bits per heavy atom. The van der Waals surface area contributed by atoms with Gasteiger partial charge in [0.05, 0.1) is 35.2 Å². The second-order valence-corrected chi connectivity index (χ2v) is 8.45. The van der Waals surface area contributed by atoms with Gasteiger partial charge in [-0.2, -0.15) is 0 Å². The summed E-state index contributed by atoms with van der Waals surface area (Å²) < 4.78 is 5.29. The molecule has 3 rings (SSSR count). The predicted octanol–water partition coefficient (Wildman–Crippen LogP) is 3.82. The highest BCUT2D eigenvalue weighted by atomic mass is 35.5. The van der Waals surface area contributed by atoms with Gasteiger partial charge in [-0.05, 0) is 29.7 Å². The van der Waals surface area contributed by atoms with Crippen molar-refractivity contribution in [3.05, 3.63) is 69.7 Å². The lowest BCUT2D eigenvalue weighted by atomic mass is 10.0. The molecule has 2 aromatic rings. The molecule has 1 fully saturated rings. The van der Waals surface area contributed by atoms with Crippen LogP contribution in [0.4, 0.5) is 0 Å². The third-order valence-corrected chi connectivity index (χ3v) is 6.17. The minimum Gasteiger partial charge on any atom is -0.392 e. The van der Waals surface area contributed by atoms with Gasteiger partial charge in [0.2, 0.25) is 5.91 Å². The molecule has 0 bridgehead atoms. The first kappa shape index (κ1) is 23.0. The van der Waals surface area contributed by atoms with Crippen molar-refractivity contribution >= 4 is 29.1 Å². The zero-order valence-corrected chi connectivity index (χ0v) is 18.6. The van der Waals surface area contributed by atoms with Crippen molar-refractivity contribution in [2.75, 3.05) is 39.9 Å². The molecule has 0 spiro atoms. The number of amides is 1. The molecule has 1 saturated heterocycles. The molecular weight excluding hydrogens is 423 g/mol. The summed E-state index contributed by atoms with van der Waals surface area (Å²) in [5.74, 6) is -0.000891. The molecule has 5 nitrogen and oxygen atoms in total. The Hall–Kier alpha value is -1.63. The molecule has 162 valence electrons. The van der Waals surface area contributed by atoms with E-state index in [4.69, 9.17) is 27.9 Å². The Labute approximate surface area is 188 Å². The number of hydrogen-bond donors (Lipinski definition) is 1. The van der Waals surface area contributed by atoms with E-state index in [-0.39, 0.29) is 24.5 Å². The number of hydrogen-bond acceptors (Lipinski definition) is 4. The maximum Gasteiger partial charge on any atom is 0.227 e. The minimum atomic E-state index is -0.305. The third kappa shape index (κ3) is 6.19. The van der Waals surface area contributed by atoms with Gasteiger partial charge in [-0.25, -0.2) is 0 Å². The first-order valence-electron chi connectivity index (χ1n) is 10.2. The van der Waals surface area contributed by atoms with E-state index >= 15 is 0 Å². The van der Waals surface area contributed by atoms with Crippen LogP contribution in [0.5, 0.6) is 0 Å². The minimum absolute atomic E-state index is 0.000891. The van der Waals surface area contributed by atoms with Crippen LogP contribution in [0.15, 0.2) is 48.5 Å². The zero-order chi connectivity index (χ0) is 21.5. The van der Waals surface area contributed by atoms with Crippen molar-refractivity contribution in [3.63, 3.8) is 0 Å². The summed E-state index contributed by atoms with van der Waals surface area (Å²) in [5.41, 5.74) is 1.89. The number of carbonyl (C=O) groups excluding carboxylic acids is 1. The number of benzene rings is 2. The van der Waals surface area contributed by atoms with Crippen LogP contribution < -0.4 is 0 Å². The molecule has 2 aromatic carbocycles. The standard InChI is InChI=1S/C23H28Cl2N2O3/c1-30-12-11-27(23(29)14-17-7-8-20(24)21(25)13-17)22(18-5-3-2-4-6-18)16-26-10-9-19(28)15-26/h2-8,13,19,22,28H,9-12,14-16H2,1H3. The summed E-state index contributed by atoms with van der Waals surface area (Å²) >= 11 is 12.2. The third-order valence-electron chi connectivity index (χ3n) is 5.44. The fourth-order valence-corrected chi connectivity index (χ4v) is 4.17. The summed E-state index contributed by atoms with van der Waals surface area (Å²) in [7, 11) is 1.63. The Bertz CT molecular complexity index is 834. The molecule has 1 aliphatic rings. The molecule has 2 atom stereocenters. The Kier molecular flexibility index (Phi) is 8.54. The highest BCUT2D eigenvalue weighted by Gasteiger charge is 2.30. The van der Waals surface area contributed by atoms with Gasteiger partial charge >= 0.3 is 0 Å². The lowest BCUT2D eigenvalue weighted by Gasteiger charge is -2.35. The highest BCUT2D eigenvalue weighted by molar-refractivity contribution is 6.42. The number of ether oxygens (including phenoxy) is 1. The normalized spacial score (nSPS) is 17.8. The van der Waals surface area contributed by atoms with Crippen LogP contribution in [0.1, 0.15) is 23.6 Å². The van der Waals surface area contributed by atoms with Gasteiger partial charge in [-0.1, -0.05) is 59.6 Å². The molecule has 0 aliphatic carbocycles. The molecule has 1 N–H and O–H groups in total. The summed E-state index contributed by atoms with van der Waals surface area (Å²) in [4.78, 5) is 17.5. The highest BCUT2D eigenvalue weighted by Crippen LogP contribution is 2.27. The average molecular weight is 451 g/mol. The van der Waals surface area contributed by atoms with Crippen LogP contribution in [-0.4, -0.2) is 66.8 Å². The maximum atomic E-state index is 13.4. The van der Waals surface area contributed by atoms with Gasteiger partial charge in [0, 0.05) is 33.3 Å². The molecule has 30 heavy (non-hydrogen) atoms. The van der Waals surface area contributed by atoms with Crippen molar-refractivity contribution in [1.29, 1.82) is 0 Å². The van der Waals surface area contributed by atoms with E-state index in [0.717, 1.165) is 24.1 Å². The lowest BCUT2D eigenvalue weighted by molar-refractivity contribution is -0.134. The fraction of sp³-hybridized carbons (Fsp3) is 0.435. The van der Waals surface area contributed by atoms with Gasteiger partial charge in [-0.3, -0.25) is 9.69 Å². The molecular formula is C23H28Cl2N2O3. The second kappa shape index (κ2) is 11.1. The smallest absolute Gasteiger partial charge is 0.227 e. The van der Waals surface area contributed by atoms with Crippen LogP contribution in [0.25, 0.3) is 0 Å². The summed E-state index contributed by atoms with van der Waals surface area (Å²) in [5, 5.41) is 10.9. The molecule has 0 aromatic heterocycles. The number of nitrogens with zero attached hydrogens (tertiary/aromatic N) is 2. The van der Waals surface area contributed by atoms with E-state index in [2.05, 4.69) is 4.90 Å². The number of likely N-dealkylation sites (tertiary alicyclic amines) is 1. The molecule has 1 aliphatic heterocycles. The number of carbonyl (C=O) groups is 1. The van der Waals surface area contributed by atoms with Crippen molar-refractivity contribution in [3.8, 4) is 0 Å². The summed E-state index contributed by atoms with van der Waals surface area (Å²) in [6, 6.07) is 15.2. The molecule has 0 radical (unpaired) electrons. The van der Waals surface area contributed by atoms with E-state index < -0.39 is 0 Å². The Balaban J connectivity index is 1.85. The van der Waals surface area contributed by atoms with Gasteiger partial charge in [-0.15, -0.1) is 0 Å². The van der Waals surface area contributed by atoms with E-state index in [1.807, 2.05) is 41.3 Å². The van der Waals surface area contributed by atoms with Crippen molar-refractivity contribution < 1.29 is 14.6 Å². The first-order chi connectivity index (χ1) is 14.5. The second-order valence-electron chi connectivity index (χ2n) is 7.63. The molecule has 2 unspecified atom stereocenters. The van der Waals surface area contributed by atoms with Crippen LogP contribution in [0.3, 0.4) is 0 Å². The fourth-order valence-electron chi connectivity index (χ4n) is 3.85. The quantitative estimate of drug-likeness (QED) is 0.630. The van der Waals surface area contributed by atoms with E-state index in [1.165, 1.54) is 0 Å². The number of aliphatic hydroxyl groups is 1. The monoisotopic (exact) mass is 450 g/mol. The predicted molar refractivity (Wildman–Crippen MR) is 120 cm³/mol. The molecule has 0 saturated carbocycles. The SMILES string of the molecule is COCCN(C(=O)Cc1ccc(Cl)c(Cl)c1)C(CN1CCC(O)C1)c1ccccc1. The van der Waals surface area contributed by atoms with Gasteiger partial charge in [0.25, 0.3) is 0 Å². The van der Waals surface area contributed by atoms with Crippen LogP contribution in [0, 0.1) is 0 Å². The molecule has 1 amide bonds. The van der Waals surface area contributed by atoms with Crippen molar-refractivity contribution in [2.45, 2.75) is 25.0 Å². The van der Waals surface area contributed by atoms with E-state index in [9.17, 15) is 9.90 Å². The van der Waals surface area contributed by atoms with E-state index in [0.29, 0.717) is 36.3 Å². The zero-order valence-electron chi connectivity index (χ0n) is 17.1. The van der Waals surface area contributed by atoms with E-state index in [1.54, 1.807) is 19.2 Å². The number of β-amino-alcohol motifs (C(OH)–C–C–N with tert-alkyl or cyclic N) is 1. The van der Waals surface area contributed by atoms with Gasteiger partial charge < -0.3 is 14.7 Å². The van der Waals surface area contributed by atoms with Gasteiger partial charge in [0.15, 0.2) is 0 Å². The maximum absolute atomic E-state index is 13.4. The van der Waals surface area contributed by atoms with Crippen LogP contribution in [0.2, 0.25) is 10.0 Å². The first-order valence-corrected chi connectivity index (χ1v) is 10.9. The Morgan fingerprint density at radius 1 is 1.23 bits per heavy atom. The average Bonchev–Trinajstić information content (AvgIpc) is 3.15. The lowest BCUT2D eigenvalue weighted by Crippen LogP contribution is -2.43. The molecule has 7 heteroatoms. The largest absolute Gasteiger partial charge is 0.392 e. The van der Waals surface area contributed by atoms with Crippen LogP contribution >= 0.6 is 23.2 Å². The summed E-state index contributed by atoms with van der Waals surface area (Å²) in [6.07, 6.45) is 0.685. The van der Waals surface area contributed by atoms with Crippen molar-refractivity contribution in [1.82, 2.24) is 9.80 Å². The summed E-state index contributed by atoms with van der Waals surface area (Å²) in [6.45, 7) is 3.04. The number of methoxy groups -OCH3 is 1. The van der Waals surface area contributed by atoms with Crippen LogP contribution in [-0.2, 0) is 16.0 Å². The number of aliphatic hydroxyl groups excluding tert-OH is 1. The topological polar surface area (TPSA) is 53.0 Å². The van der Waals surface area contributed by atoms with Gasteiger partial charge in [0.1, 0.15) is 0 Å². The van der Waals surface area contributed by atoms with Crippen molar-refractivity contribution in [2.24, 2.45) is 0 Å².